The first-order chi connectivity index (χ1) is 16.9. The maximum Gasteiger partial charge on any atom is 0.251 e. The molecule has 0 amide bonds. The highest BCUT2D eigenvalue weighted by atomic mass is 35.5. The Hall–Kier alpha value is -2.96. The molecular weight excluding hydrogens is 497 g/mol. The van der Waals surface area contributed by atoms with Crippen LogP contribution in [0.5, 0.6) is 0 Å². The summed E-state index contributed by atoms with van der Waals surface area (Å²) in [4.78, 5) is 18.2. The first-order valence-electron chi connectivity index (χ1n) is 11.2. The fourth-order valence-electron chi connectivity index (χ4n) is 4.53. The molecule has 3 aromatic heterocycles. The van der Waals surface area contributed by atoms with E-state index in [1.165, 1.54) is 4.88 Å². The minimum Gasteiger partial charge on any atom is -0.314 e. The molecule has 1 unspecified atom stereocenters. The Morgan fingerprint density at radius 1 is 0.943 bits per heavy atom. The van der Waals surface area contributed by atoms with E-state index in [2.05, 4.69) is 11.1 Å². The van der Waals surface area contributed by atoms with Gasteiger partial charge in [0.15, 0.2) is 0 Å². The summed E-state index contributed by atoms with van der Waals surface area (Å²) in [7, 11) is 1.79. The molecule has 5 rings (SSSR count). The van der Waals surface area contributed by atoms with Crippen LogP contribution < -0.4 is 11.3 Å². The zero-order chi connectivity index (χ0) is 24.6. The van der Waals surface area contributed by atoms with E-state index < -0.39 is 5.54 Å². The van der Waals surface area contributed by atoms with E-state index in [1.54, 1.807) is 41.4 Å². The molecule has 1 atom stereocenters. The molecule has 0 aliphatic carbocycles. The highest BCUT2D eigenvalue weighted by Gasteiger charge is 2.32. The van der Waals surface area contributed by atoms with Crippen LogP contribution in [0.25, 0.3) is 10.9 Å². The number of aromatic nitrogens is 2. The molecule has 0 saturated heterocycles. The average molecular weight is 520 g/mol. The highest BCUT2D eigenvalue weighted by molar-refractivity contribution is 7.16. The third-order valence-corrected chi connectivity index (χ3v) is 8.02. The second-order valence-corrected chi connectivity index (χ2v) is 10.8. The number of nitrogens with two attached hydrogens (primary N) is 1. The van der Waals surface area contributed by atoms with Gasteiger partial charge in [0.05, 0.1) is 15.4 Å². The van der Waals surface area contributed by atoms with Crippen molar-refractivity contribution in [2.24, 2.45) is 12.8 Å². The van der Waals surface area contributed by atoms with Crippen LogP contribution in [0.4, 0.5) is 0 Å². The van der Waals surface area contributed by atoms with E-state index in [4.69, 9.17) is 28.9 Å². The molecule has 35 heavy (non-hydrogen) atoms. The van der Waals surface area contributed by atoms with Crippen LogP contribution in [0.3, 0.4) is 0 Å². The molecule has 0 bridgehead atoms. The molecule has 0 radical (unpaired) electrons. The number of halogens is 2. The monoisotopic (exact) mass is 519 g/mol. The largest absolute Gasteiger partial charge is 0.314 e. The van der Waals surface area contributed by atoms with Gasteiger partial charge >= 0.3 is 0 Å². The maximum atomic E-state index is 12.7. The van der Waals surface area contributed by atoms with Crippen LogP contribution in [0, 0.1) is 0 Å². The summed E-state index contributed by atoms with van der Waals surface area (Å²) in [5.41, 5.74) is 10.7. The van der Waals surface area contributed by atoms with Gasteiger partial charge in [0.1, 0.15) is 0 Å². The molecule has 7 heteroatoms. The normalized spacial score (nSPS) is 13.1. The van der Waals surface area contributed by atoms with Crippen molar-refractivity contribution in [3.63, 3.8) is 0 Å². The highest BCUT2D eigenvalue weighted by Crippen LogP contribution is 2.36. The molecule has 0 saturated carbocycles. The molecule has 3 heterocycles. The van der Waals surface area contributed by atoms with E-state index in [1.807, 2.05) is 60.7 Å². The smallest absolute Gasteiger partial charge is 0.251 e. The molecule has 4 nitrogen and oxygen atoms in total. The molecule has 0 aliphatic heterocycles. The maximum absolute atomic E-state index is 12.7. The molecule has 0 spiro atoms. The van der Waals surface area contributed by atoms with Gasteiger partial charge in [-0.05, 0) is 77.6 Å². The van der Waals surface area contributed by atoms with Crippen molar-refractivity contribution in [1.29, 1.82) is 0 Å². The molecule has 176 valence electrons. The van der Waals surface area contributed by atoms with Crippen molar-refractivity contribution >= 4 is 45.4 Å². The van der Waals surface area contributed by atoms with Gasteiger partial charge in [-0.2, -0.15) is 0 Å². The third-order valence-electron chi connectivity index (χ3n) is 6.47. The standard InChI is InChI=1S/C28H23Cl2N3OS/c1-33-25-12-7-20(16-24(25)18(15-27(33)34)4-10-23-11-13-26(30)35-23)28(31,21-3-2-14-32-17-21)19-5-8-22(29)9-6-19/h2-3,5-9,11-17H,4,10,31H2,1H3. The number of hydrogen-bond donors (Lipinski definition) is 1. The van der Waals surface area contributed by atoms with Crippen LogP contribution in [0.1, 0.15) is 27.1 Å². The number of thiophene rings is 1. The third kappa shape index (κ3) is 4.53. The van der Waals surface area contributed by atoms with Crippen LogP contribution in [0.15, 0.2) is 90.0 Å². The zero-order valence-corrected chi connectivity index (χ0v) is 21.4. The van der Waals surface area contributed by atoms with E-state index in [0.717, 1.165) is 50.3 Å². The van der Waals surface area contributed by atoms with E-state index >= 15 is 0 Å². The number of hydrogen-bond acceptors (Lipinski definition) is 4. The van der Waals surface area contributed by atoms with E-state index in [0.29, 0.717) is 5.02 Å². The molecular formula is C28H23Cl2N3OS. The Balaban J connectivity index is 1.69. The summed E-state index contributed by atoms with van der Waals surface area (Å²) in [6, 6.07) is 23.2. The van der Waals surface area contributed by atoms with Gasteiger partial charge in [0.25, 0.3) is 5.56 Å². The minimum atomic E-state index is -0.958. The molecule has 2 N–H and O–H groups in total. The summed E-state index contributed by atoms with van der Waals surface area (Å²) in [5, 5.41) is 1.65. The summed E-state index contributed by atoms with van der Waals surface area (Å²) in [6.45, 7) is 0. The summed E-state index contributed by atoms with van der Waals surface area (Å²) < 4.78 is 2.44. The Morgan fingerprint density at radius 2 is 1.71 bits per heavy atom. The minimum absolute atomic E-state index is 0.0339. The lowest BCUT2D eigenvalue weighted by atomic mass is 9.78. The van der Waals surface area contributed by atoms with Crippen LogP contribution >= 0.6 is 34.5 Å². The zero-order valence-electron chi connectivity index (χ0n) is 19.0. The Bertz CT molecular complexity index is 1560. The first-order valence-corrected chi connectivity index (χ1v) is 12.8. The first kappa shape index (κ1) is 23.8. The predicted octanol–water partition coefficient (Wildman–Crippen LogP) is 6.34. The molecule has 0 fully saturated rings. The van der Waals surface area contributed by atoms with Gasteiger partial charge in [-0.15, -0.1) is 11.3 Å². The molecule has 2 aromatic carbocycles. The van der Waals surface area contributed by atoms with Crippen LogP contribution in [-0.4, -0.2) is 9.55 Å². The van der Waals surface area contributed by atoms with Crippen molar-refractivity contribution in [1.82, 2.24) is 9.55 Å². The van der Waals surface area contributed by atoms with Crippen molar-refractivity contribution in [3.8, 4) is 0 Å². The van der Waals surface area contributed by atoms with Crippen molar-refractivity contribution < 1.29 is 0 Å². The molecule has 0 aliphatic rings. The van der Waals surface area contributed by atoms with Gasteiger partial charge < -0.3 is 10.3 Å². The fourth-order valence-corrected chi connectivity index (χ4v) is 5.75. The number of benzene rings is 2. The lowest BCUT2D eigenvalue weighted by molar-refractivity contribution is 0.650. The van der Waals surface area contributed by atoms with Gasteiger partial charge in [0.2, 0.25) is 0 Å². The summed E-state index contributed by atoms with van der Waals surface area (Å²) >= 11 is 13.9. The number of aryl methyl sites for hydroxylation is 3. The van der Waals surface area contributed by atoms with E-state index in [-0.39, 0.29) is 5.56 Å². The molecule has 5 aromatic rings. The Labute approximate surface area is 217 Å². The van der Waals surface area contributed by atoms with Gasteiger partial charge in [-0.25, -0.2) is 0 Å². The van der Waals surface area contributed by atoms with Crippen molar-refractivity contribution in [2.75, 3.05) is 0 Å². The van der Waals surface area contributed by atoms with E-state index in [9.17, 15) is 4.79 Å². The number of pyridine rings is 2. The number of fused-ring (bicyclic) bond motifs is 1. The lowest BCUT2D eigenvalue weighted by Gasteiger charge is -2.32. The van der Waals surface area contributed by atoms with Gasteiger partial charge in [-0.1, -0.05) is 47.5 Å². The quantitative estimate of drug-likeness (QED) is 0.284. The van der Waals surface area contributed by atoms with Gasteiger partial charge in [0, 0.05) is 40.8 Å². The van der Waals surface area contributed by atoms with Crippen LogP contribution in [0.2, 0.25) is 9.36 Å². The van der Waals surface area contributed by atoms with Gasteiger partial charge in [-0.3, -0.25) is 9.78 Å². The van der Waals surface area contributed by atoms with Crippen molar-refractivity contribution in [3.05, 3.63) is 132 Å². The predicted molar refractivity (Wildman–Crippen MR) is 146 cm³/mol. The summed E-state index contributed by atoms with van der Waals surface area (Å²) in [5.74, 6) is 0. The summed E-state index contributed by atoms with van der Waals surface area (Å²) in [6.07, 6.45) is 5.05. The fraction of sp³-hybridized carbons (Fsp3) is 0.143. The number of rotatable bonds is 6. The number of nitrogens with zero attached hydrogens (tertiary/aromatic N) is 2. The SMILES string of the molecule is Cn1c(=O)cc(CCc2ccc(Cl)s2)c2cc(C(N)(c3ccc(Cl)cc3)c3cccnc3)ccc21. The van der Waals surface area contributed by atoms with Crippen LogP contribution in [-0.2, 0) is 25.4 Å². The topological polar surface area (TPSA) is 60.9 Å². The van der Waals surface area contributed by atoms with Crippen molar-refractivity contribution in [2.45, 2.75) is 18.4 Å². The average Bonchev–Trinajstić information content (AvgIpc) is 3.30. The Morgan fingerprint density at radius 3 is 2.40 bits per heavy atom. The second kappa shape index (κ2) is 9.59. The lowest BCUT2D eigenvalue weighted by Crippen LogP contribution is -2.39. The Kier molecular flexibility index (Phi) is 6.51. The second-order valence-electron chi connectivity index (χ2n) is 8.56.